The lowest BCUT2D eigenvalue weighted by molar-refractivity contribution is 0.0948. The van der Waals surface area contributed by atoms with Crippen molar-refractivity contribution in [1.82, 2.24) is 9.88 Å². The Morgan fingerprint density at radius 2 is 1.83 bits per heavy atom. The zero-order chi connectivity index (χ0) is 16.4. The number of carbonyl (C=O) groups excluding carboxylic acids is 1. The van der Waals surface area contributed by atoms with Gasteiger partial charge >= 0.3 is 0 Å². The van der Waals surface area contributed by atoms with E-state index in [1.807, 2.05) is 12.1 Å². The van der Waals surface area contributed by atoms with Crippen LogP contribution in [0.2, 0.25) is 0 Å². The van der Waals surface area contributed by atoms with Crippen molar-refractivity contribution in [2.75, 3.05) is 6.54 Å². The topological polar surface area (TPSA) is 34.0 Å². The van der Waals surface area contributed by atoms with E-state index in [2.05, 4.69) is 61.0 Å². The van der Waals surface area contributed by atoms with Crippen molar-refractivity contribution in [2.24, 2.45) is 5.92 Å². The number of hydrogen-bond donors (Lipinski definition) is 1. The van der Waals surface area contributed by atoms with E-state index in [1.54, 1.807) is 0 Å². The summed E-state index contributed by atoms with van der Waals surface area (Å²) >= 11 is 0. The maximum atomic E-state index is 12.4. The Morgan fingerprint density at radius 1 is 1.09 bits per heavy atom. The highest BCUT2D eigenvalue weighted by molar-refractivity contribution is 6.10. The standard InChI is InChI=1S/C20H24N2O/c1-4-14(3)13-21-20(23)15-10-11-19-17(12-15)16-8-6-7-9-18(16)22(19)5-2/h6-12,14H,4-5,13H2,1-3H3,(H,21,23). The highest BCUT2D eigenvalue weighted by atomic mass is 16.1. The number of para-hydroxylation sites is 1. The Kier molecular flexibility index (Phi) is 4.37. The largest absolute Gasteiger partial charge is 0.352 e. The lowest BCUT2D eigenvalue weighted by atomic mass is 10.1. The lowest BCUT2D eigenvalue weighted by Crippen LogP contribution is -2.27. The van der Waals surface area contributed by atoms with Crippen LogP contribution in [0.5, 0.6) is 0 Å². The van der Waals surface area contributed by atoms with Crippen LogP contribution in [0.15, 0.2) is 42.5 Å². The quantitative estimate of drug-likeness (QED) is 0.735. The minimum absolute atomic E-state index is 0.0144. The average molecular weight is 308 g/mol. The molecule has 1 atom stereocenters. The van der Waals surface area contributed by atoms with Gasteiger partial charge in [0.1, 0.15) is 0 Å². The molecule has 1 aromatic heterocycles. The van der Waals surface area contributed by atoms with E-state index in [1.165, 1.54) is 16.4 Å². The second kappa shape index (κ2) is 6.45. The Hall–Kier alpha value is -2.29. The Labute approximate surface area is 137 Å². The van der Waals surface area contributed by atoms with E-state index >= 15 is 0 Å². The van der Waals surface area contributed by atoms with Gasteiger partial charge in [0.25, 0.3) is 5.91 Å². The van der Waals surface area contributed by atoms with Crippen LogP contribution in [0.3, 0.4) is 0 Å². The summed E-state index contributed by atoms with van der Waals surface area (Å²) < 4.78 is 2.30. The smallest absolute Gasteiger partial charge is 0.251 e. The molecule has 1 heterocycles. The molecule has 0 spiro atoms. The molecule has 0 saturated carbocycles. The van der Waals surface area contributed by atoms with Gasteiger partial charge in [-0.2, -0.15) is 0 Å². The minimum atomic E-state index is 0.0144. The molecular weight excluding hydrogens is 284 g/mol. The summed E-state index contributed by atoms with van der Waals surface area (Å²) in [5.41, 5.74) is 3.15. The molecule has 1 N–H and O–H groups in total. The first-order valence-corrected chi connectivity index (χ1v) is 8.44. The first kappa shape index (κ1) is 15.6. The average Bonchev–Trinajstić information content (AvgIpc) is 2.92. The van der Waals surface area contributed by atoms with E-state index in [4.69, 9.17) is 0 Å². The molecular formula is C20H24N2O. The minimum Gasteiger partial charge on any atom is -0.352 e. The molecule has 0 aliphatic carbocycles. The van der Waals surface area contributed by atoms with Gasteiger partial charge in [-0.05, 0) is 37.1 Å². The number of fused-ring (bicyclic) bond motifs is 3. The van der Waals surface area contributed by atoms with Crippen LogP contribution in [0.25, 0.3) is 21.8 Å². The number of rotatable bonds is 5. The van der Waals surface area contributed by atoms with E-state index in [9.17, 15) is 4.79 Å². The van der Waals surface area contributed by atoms with Crippen LogP contribution in [0, 0.1) is 5.92 Å². The molecule has 1 unspecified atom stereocenters. The van der Waals surface area contributed by atoms with Gasteiger partial charge in [0.15, 0.2) is 0 Å². The maximum Gasteiger partial charge on any atom is 0.251 e. The molecule has 3 heteroatoms. The van der Waals surface area contributed by atoms with Crippen molar-refractivity contribution in [2.45, 2.75) is 33.7 Å². The number of carbonyl (C=O) groups is 1. The highest BCUT2D eigenvalue weighted by Gasteiger charge is 2.13. The van der Waals surface area contributed by atoms with Gasteiger partial charge in [0.05, 0.1) is 0 Å². The summed E-state index contributed by atoms with van der Waals surface area (Å²) in [7, 11) is 0. The van der Waals surface area contributed by atoms with Crippen LogP contribution >= 0.6 is 0 Å². The van der Waals surface area contributed by atoms with E-state index in [0.717, 1.165) is 30.5 Å². The normalized spacial score (nSPS) is 12.7. The van der Waals surface area contributed by atoms with Gasteiger partial charge in [-0.25, -0.2) is 0 Å². The van der Waals surface area contributed by atoms with Crippen LogP contribution in [-0.4, -0.2) is 17.0 Å². The summed E-state index contributed by atoms with van der Waals surface area (Å²) in [6, 6.07) is 14.4. The maximum absolute atomic E-state index is 12.4. The Balaban J connectivity index is 2.02. The molecule has 120 valence electrons. The predicted octanol–water partition coefficient (Wildman–Crippen LogP) is 4.59. The molecule has 0 aliphatic heterocycles. The molecule has 0 radical (unpaired) electrons. The summed E-state index contributed by atoms with van der Waals surface area (Å²) in [5, 5.41) is 5.40. The van der Waals surface area contributed by atoms with Crippen molar-refractivity contribution in [3.8, 4) is 0 Å². The molecule has 0 fully saturated rings. The van der Waals surface area contributed by atoms with Gasteiger partial charge in [-0.3, -0.25) is 4.79 Å². The summed E-state index contributed by atoms with van der Waals surface area (Å²) in [6.45, 7) is 8.09. The summed E-state index contributed by atoms with van der Waals surface area (Å²) in [6.07, 6.45) is 1.07. The number of nitrogens with one attached hydrogen (secondary N) is 1. The number of aryl methyl sites for hydroxylation is 1. The monoisotopic (exact) mass is 308 g/mol. The van der Waals surface area contributed by atoms with E-state index in [-0.39, 0.29) is 5.91 Å². The number of nitrogens with zero attached hydrogens (tertiary/aromatic N) is 1. The van der Waals surface area contributed by atoms with Crippen molar-refractivity contribution in [3.05, 3.63) is 48.0 Å². The molecule has 0 saturated heterocycles. The molecule has 3 nitrogen and oxygen atoms in total. The van der Waals surface area contributed by atoms with Crippen molar-refractivity contribution < 1.29 is 4.79 Å². The van der Waals surface area contributed by atoms with Crippen LogP contribution in [0.1, 0.15) is 37.6 Å². The van der Waals surface area contributed by atoms with Crippen LogP contribution in [0.4, 0.5) is 0 Å². The summed E-state index contributed by atoms with van der Waals surface area (Å²) in [4.78, 5) is 12.4. The number of amides is 1. The molecule has 3 aromatic rings. The van der Waals surface area contributed by atoms with E-state index in [0.29, 0.717) is 5.92 Å². The molecule has 23 heavy (non-hydrogen) atoms. The number of aromatic nitrogens is 1. The second-order valence-electron chi connectivity index (χ2n) is 6.22. The first-order valence-electron chi connectivity index (χ1n) is 8.44. The molecule has 3 rings (SSSR count). The van der Waals surface area contributed by atoms with Crippen molar-refractivity contribution >= 4 is 27.7 Å². The molecule has 2 aromatic carbocycles. The van der Waals surface area contributed by atoms with E-state index < -0.39 is 0 Å². The fraction of sp³-hybridized carbons (Fsp3) is 0.350. The first-order chi connectivity index (χ1) is 11.2. The third kappa shape index (κ3) is 2.83. The zero-order valence-corrected chi connectivity index (χ0v) is 14.1. The van der Waals surface area contributed by atoms with Gasteiger partial charge in [-0.15, -0.1) is 0 Å². The lowest BCUT2D eigenvalue weighted by Gasteiger charge is -2.10. The van der Waals surface area contributed by atoms with Gasteiger partial charge in [0.2, 0.25) is 0 Å². The molecule has 0 aliphatic rings. The Morgan fingerprint density at radius 3 is 2.57 bits per heavy atom. The zero-order valence-electron chi connectivity index (χ0n) is 14.1. The van der Waals surface area contributed by atoms with Crippen LogP contribution < -0.4 is 5.32 Å². The van der Waals surface area contributed by atoms with Gasteiger partial charge < -0.3 is 9.88 Å². The fourth-order valence-electron chi connectivity index (χ4n) is 3.05. The van der Waals surface area contributed by atoms with Gasteiger partial charge in [-0.1, -0.05) is 38.5 Å². The van der Waals surface area contributed by atoms with Crippen molar-refractivity contribution in [1.29, 1.82) is 0 Å². The molecule has 0 bridgehead atoms. The third-order valence-corrected chi connectivity index (χ3v) is 4.66. The SMILES string of the molecule is CCC(C)CNC(=O)c1ccc2c(c1)c1ccccc1n2CC. The van der Waals surface area contributed by atoms with Crippen molar-refractivity contribution in [3.63, 3.8) is 0 Å². The number of benzene rings is 2. The third-order valence-electron chi connectivity index (χ3n) is 4.66. The fourth-order valence-corrected chi connectivity index (χ4v) is 3.05. The highest BCUT2D eigenvalue weighted by Crippen LogP contribution is 2.29. The van der Waals surface area contributed by atoms with Gasteiger partial charge in [0, 0.05) is 40.5 Å². The number of hydrogen-bond acceptors (Lipinski definition) is 1. The molecule has 1 amide bonds. The Bertz CT molecular complexity index is 847. The van der Waals surface area contributed by atoms with Crippen LogP contribution in [-0.2, 0) is 6.54 Å². The summed E-state index contributed by atoms with van der Waals surface area (Å²) in [5.74, 6) is 0.519. The second-order valence-corrected chi connectivity index (χ2v) is 6.22. The predicted molar refractivity (Wildman–Crippen MR) is 96.9 cm³/mol.